The molecule has 0 fully saturated rings. The van der Waals surface area contributed by atoms with Crippen LogP contribution in [0.1, 0.15) is 11.4 Å². The van der Waals surface area contributed by atoms with E-state index in [4.69, 9.17) is 4.74 Å². The number of aryl methyl sites for hydroxylation is 1. The van der Waals surface area contributed by atoms with Crippen LogP contribution in [-0.2, 0) is 7.05 Å². The third-order valence-corrected chi connectivity index (χ3v) is 3.50. The van der Waals surface area contributed by atoms with Crippen LogP contribution in [-0.4, -0.2) is 26.8 Å². The van der Waals surface area contributed by atoms with Gasteiger partial charge in [-0.15, -0.1) is 0 Å². The van der Waals surface area contributed by atoms with Gasteiger partial charge in [0.2, 0.25) is 0 Å². The van der Waals surface area contributed by atoms with E-state index in [1.807, 2.05) is 13.1 Å². The van der Waals surface area contributed by atoms with Crippen molar-refractivity contribution in [2.45, 2.75) is 0 Å². The Balaban J connectivity index is 2.11. The van der Waals surface area contributed by atoms with Crippen LogP contribution in [0, 0.1) is 11.3 Å². The fraction of sp³-hybridized carbons (Fsp3) is 0.118. The zero-order valence-electron chi connectivity index (χ0n) is 12.7. The Bertz CT molecular complexity index is 951. The number of hydrogen-bond donors (Lipinski definition) is 1. The van der Waals surface area contributed by atoms with Crippen molar-refractivity contribution < 1.29 is 9.84 Å². The van der Waals surface area contributed by atoms with E-state index in [1.165, 1.54) is 13.2 Å². The lowest BCUT2D eigenvalue weighted by molar-refractivity contribution is 0.373. The Labute approximate surface area is 132 Å². The normalized spacial score (nSPS) is 11.4. The summed E-state index contributed by atoms with van der Waals surface area (Å²) in [6.45, 7) is 0. The van der Waals surface area contributed by atoms with Crippen LogP contribution < -0.4 is 4.74 Å². The second-order valence-corrected chi connectivity index (χ2v) is 4.94. The molecule has 0 unspecified atom stereocenters. The van der Waals surface area contributed by atoms with Crippen LogP contribution in [0.15, 0.2) is 36.5 Å². The van der Waals surface area contributed by atoms with Gasteiger partial charge in [0.15, 0.2) is 23.0 Å². The number of nitriles is 1. The minimum absolute atomic E-state index is 0.0510. The Morgan fingerprint density at radius 1 is 1.39 bits per heavy atom. The number of nitrogens with zero attached hydrogens (tertiary/aromatic N) is 4. The van der Waals surface area contributed by atoms with Gasteiger partial charge in [-0.2, -0.15) is 5.26 Å². The van der Waals surface area contributed by atoms with Gasteiger partial charge < -0.3 is 14.4 Å². The van der Waals surface area contributed by atoms with Gasteiger partial charge in [0, 0.05) is 13.2 Å². The van der Waals surface area contributed by atoms with E-state index < -0.39 is 0 Å². The highest BCUT2D eigenvalue weighted by Gasteiger charge is 2.13. The zero-order chi connectivity index (χ0) is 16.4. The first kappa shape index (κ1) is 14.6. The Morgan fingerprint density at radius 2 is 2.22 bits per heavy atom. The largest absolute Gasteiger partial charge is 0.504 e. The maximum Gasteiger partial charge on any atom is 0.161 e. The lowest BCUT2D eigenvalue weighted by Gasteiger charge is -2.05. The average Bonchev–Trinajstić information content (AvgIpc) is 2.91. The quantitative estimate of drug-likeness (QED) is 0.752. The number of allylic oxidation sites excluding steroid dienone is 1. The topological polar surface area (TPSA) is 84.0 Å². The molecule has 0 aliphatic carbocycles. The fourth-order valence-corrected chi connectivity index (χ4v) is 2.36. The molecule has 6 nitrogen and oxygen atoms in total. The summed E-state index contributed by atoms with van der Waals surface area (Å²) in [5, 5.41) is 19.1. The third kappa shape index (κ3) is 2.60. The highest BCUT2D eigenvalue weighted by Crippen LogP contribution is 2.28. The third-order valence-electron chi connectivity index (χ3n) is 3.50. The summed E-state index contributed by atoms with van der Waals surface area (Å²) in [6.07, 6.45) is 3.39. The molecule has 1 aromatic carbocycles. The van der Waals surface area contributed by atoms with Gasteiger partial charge in [-0.05, 0) is 35.9 Å². The maximum atomic E-state index is 9.65. The van der Waals surface area contributed by atoms with E-state index in [1.54, 1.807) is 35.0 Å². The number of ether oxygens (including phenoxy) is 1. The minimum atomic E-state index is 0.0510. The number of phenolic OH excluding ortho intramolecular Hbond substituents is 1. The number of fused-ring (bicyclic) bond motifs is 1. The van der Waals surface area contributed by atoms with Crippen LogP contribution in [0.2, 0.25) is 0 Å². The molecule has 0 saturated carbocycles. The van der Waals surface area contributed by atoms with E-state index in [2.05, 4.69) is 16.0 Å². The van der Waals surface area contributed by atoms with Crippen molar-refractivity contribution in [3.05, 3.63) is 47.9 Å². The summed E-state index contributed by atoms with van der Waals surface area (Å²) in [6, 6.07) is 10.7. The van der Waals surface area contributed by atoms with E-state index in [-0.39, 0.29) is 5.75 Å². The van der Waals surface area contributed by atoms with Crippen molar-refractivity contribution in [1.29, 1.82) is 5.26 Å². The van der Waals surface area contributed by atoms with Gasteiger partial charge in [0.05, 0.1) is 12.7 Å². The number of methoxy groups -OCH3 is 1. The van der Waals surface area contributed by atoms with Gasteiger partial charge in [-0.25, -0.2) is 9.97 Å². The monoisotopic (exact) mass is 306 g/mol. The molecule has 0 radical (unpaired) electrons. The molecule has 0 aliphatic heterocycles. The van der Waals surface area contributed by atoms with Crippen LogP contribution in [0.3, 0.4) is 0 Å². The van der Waals surface area contributed by atoms with Gasteiger partial charge in [-0.3, -0.25) is 0 Å². The lowest BCUT2D eigenvalue weighted by Crippen LogP contribution is -1.97. The summed E-state index contributed by atoms with van der Waals surface area (Å²) < 4.78 is 6.87. The van der Waals surface area contributed by atoms with Gasteiger partial charge in [-0.1, -0.05) is 6.07 Å². The Hall–Kier alpha value is -3.33. The van der Waals surface area contributed by atoms with Crippen molar-refractivity contribution in [2.75, 3.05) is 7.11 Å². The van der Waals surface area contributed by atoms with Crippen LogP contribution in [0.25, 0.3) is 22.8 Å². The van der Waals surface area contributed by atoms with Gasteiger partial charge in [0.1, 0.15) is 11.6 Å². The molecule has 0 saturated heterocycles. The summed E-state index contributed by atoms with van der Waals surface area (Å²) in [5.41, 5.74) is 2.58. The number of hydrogen-bond acceptors (Lipinski definition) is 5. The van der Waals surface area contributed by atoms with E-state index >= 15 is 0 Å². The molecule has 3 aromatic rings. The molecular formula is C17H14N4O2. The molecule has 114 valence electrons. The van der Waals surface area contributed by atoms with Crippen molar-refractivity contribution in [1.82, 2.24) is 14.5 Å². The lowest BCUT2D eigenvalue weighted by atomic mass is 10.1. The Kier molecular flexibility index (Phi) is 3.69. The summed E-state index contributed by atoms with van der Waals surface area (Å²) in [5.74, 6) is 0.936. The molecule has 23 heavy (non-hydrogen) atoms. The number of rotatable bonds is 3. The maximum absolute atomic E-state index is 9.65. The minimum Gasteiger partial charge on any atom is -0.504 e. The average molecular weight is 306 g/mol. The molecule has 2 aromatic heterocycles. The summed E-state index contributed by atoms with van der Waals surface area (Å²) in [4.78, 5) is 8.74. The number of benzene rings is 1. The van der Waals surface area contributed by atoms with Crippen molar-refractivity contribution in [2.24, 2.45) is 7.05 Å². The van der Waals surface area contributed by atoms with Crippen LogP contribution in [0.4, 0.5) is 0 Å². The first-order valence-corrected chi connectivity index (χ1v) is 6.90. The molecule has 6 heteroatoms. The summed E-state index contributed by atoms with van der Waals surface area (Å²) in [7, 11) is 3.30. The predicted molar refractivity (Wildman–Crippen MR) is 86.7 cm³/mol. The second-order valence-electron chi connectivity index (χ2n) is 4.94. The van der Waals surface area contributed by atoms with Crippen LogP contribution >= 0.6 is 0 Å². The first-order valence-electron chi connectivity index (χ1n) is 6.90. The van der Waals surface area contributed by atoms with Gasteiger partial charge >= 0.3 is 0 Å². The first-order chi connectivity index (χ1) is 11.1. The molecule has 0 bridgehead atoms. The molecule has 0 aliphatic rings. The van der Waals surface area contributed by atoms with Gasteiger partial charge in [0.25, 0.3) is 0 Å². The van der Waals surface area contributed by atoms with Crippen molar-refractivity contribution >= 4 is 22.8 Å². The fourth-order valence-electron chi connectivity index (χ4n) is 2.36. The molecular weight excluding hydrogens is 292 g/mol. The van der Waals surface area contributed by atoms with E-state index in [9.17, 15) is 10.4 Å². The number of pyridine rings is 1. The standard InChI is InChI=1S/C17H14N4O2/c1-21-16(20-13-4-3-7-19-17(13)21)12(10-18)8-11-5-6-14(22)15(9-11)23-2/h3-9,22H,1-2H3/b12-8-. The van der Waals surface area contributed by atoms with E-state index in [0.29, 0.717) is 22.8 Å². The molecule has 0 amide bonds. The zero-order valence-corrected chi connectivity index (χ0v) is 12.7. The second kappa shape index (κ2) is 5.81. The predicted octanol–water partition coefficient (Wildman–Crippen LogP) is 2.75. The molecule has 0 spiro atoms. The van der Waals surface area contributed by atoms with Crippen molar-refractivity contribution in [3.63, 3.8) is 0 Å². The molecule has 3 rings (SSSR count). The number of phenols is 1. The number of aromatic hydroxyl groups is 1. The summed E-state index contributed by atoms with van der Waals surface area (Å²) >= 11 is 0. The highest BCUT2D eigenvalue weighted by molar-refractivity contribution is 5.90. The molecule has 0 atom stereocenters. The number of imidazole rings is 1. The Morgan fingerprint density at radius 3 is 2.91 bits per heavy atom. The molecule has 1 N–H and O–H groups in total. The smallest absolute Gasteiger partial charge is 0.161 e. The highest BCUT2D eigenvalue weighted by atomic mass is 16.5. The van der Waals surface area contributed by atoms with E-state index in [0.717, 1.165) is 11.1 Å². The SMILES string of the molecule is COc1cc(/C=C(/C#N)c2nc3cccnc3n2C)ccc1O. The number of aromatic nitrogens is 3. The van der Waals surface area contributed by atoms with Crippen molar-refractivity contribution in [3.8, 4) is 17.6 Å². The molecule has 2 heterocycles. The van der Waals surface area contributed by atoms with Crippen LogP contribution in [0.5, 0.6) is 11.5 Å².